The quantitative estimate of drug-likeness (QED) is 0.771. The lowest BCUT2D eigenvalue weighted by Crippen LogP contribution is -2.41. The Bertz CT molecular complexity index is 807. The molecule has 2 aromatic rings. The number of nitrogens with zero attached hydrogens (tertiary/aromatic N) is 1. The highest BCUT2D eigenvalue weighted by Gasteiger charge is 2.55. The predicted molar refractivity (Wildman–Crippen MR) is 103 cm³/mol. The maximum Gasteiger partial charge on any atom is 0.393 e. The molecule has 2 aliphatic rings. The van der Waals surface area contributed by atoms with E-state index in [0.717, 1.165) is 31.2 Å². The molecule has 150 valence electrons. The Morgan fingerprint density at radius 3 is 2.39 bits per heavy atom. The standard InChI is InChI=1S/C23H26F3NO/c24-23(25,26)13-18-7-4-8-19(11-18)15-27-20-9-10-21(27)22(14-20,16-28)12-17-5-2-1-3-6-17/h1-8,11,20-21,28H,9-10,12-16H2/t20-,21+,22-/m0/s1. The van der Waals surface area contributed by atoms with Gasteiger partial charge in [0.25, 0.3) is 0 Å². The molecule has 2 fully saturated rings. The summed E-state index contributed by atoms with van der Waals surface area (Å²) in [6.07, 6.45) is -1.14. The normalized spacial score (nSPS) is 27.4. The zero-order chi connectivity index (χ0) is 19.8. The molecule has 0 amide bonds. The third kappa shape index (κ3) is 3.96. The molecule has 2 bridgehead atoms. The van der Waals surface area contributed by atoms with E-state index in [1.165, 1.54) is 5.56 Å². The van der Waals surface area contributed by atoms with Crippen molar-refractivity contribution in [1.82, 2.24) is 4.90 Å². The first-order valence-corrected chi connectivity index (χ1v) is 9.94. The lowest BCUT2D eigenvalue weighted by Gasteiger charge is -2.36. The van der Waals surface area contributed by atoms with E-state index in [0.29, 0.717) is 18.2 Å². The van der Waals surface area contributed by atoms with Gasteiger partial charge < -0.3 is 5.11 Å². The van der Waals surface area contributed by atoms with Crippen LogP contribution in [-0.2, 0) is 19.4 Å². The van der Waals surface area contributed by atoms with Crippen LogP contribution >= 0.6 is 0 Å². The smallest absolute Gasteiger partial charge is 0.393 e. The van der Waals surface area contributed by atoms with Gasteiger partial charge in [0, 0.05) is 24.0 Å². The van der Waals surface area contributed by atoms with E-state index < -0.39 is 12.6 Å². The van der Waals surface area contributed by atoms with Gasteiger partial charge in [-0.15, -0.1) is 0 Å². The molecule has 2 aliphatic heterocycles. The van der Waals surface area contributed by atoms with E-state index in [1.807, 2.05) is 24.3 Å². The molecule has 28 heavy (non-hydrogen) atoms. The van der Waals surface area contributed by atoms with Crippen molar-refractivity contribution in [1.29, 1.82) is 0 Å². The topological polar surface area (TPSA) is 23.5 Å². The van der Waals surface area contributed by atoms with Crippen LogP contribution in [0.25, 0.3) is 0 Å². The van der Waals surface area contributed by atoms with E-state index in [4.69, 9.17) is 0 Å². The molecule has 3 atom stereocenters. The van der Waals surface area contributed by atoms with Crippen molar-refractivity contribution in [3.63, 3.8) is 0 Å². The predicted octanol–water partition coefficient (Wildman–Crippen LogP) is 4.75. The van der Waals surface area contributed by atoms with Crippen LogP contribution in [0.5, 0.6) is 0 Å². The lowest BCUT2D eigenvalue weighted by atomic mass is 9.70. The van der Waals surface area contributed by atoms with Crippen molar-refractivity contribution in [2.75, 3.05) is 6.61 Å². The molecule has 0 aliphatic carbocycles. The number of rotatable bonds is 6. The second-order valence-corrected chi connectivity index (χ2v) is 8.42. The van der Waals surface area contributed by atoms with E-state index >= 15 is 0 Å². The largest absolute Gasteiger partial charge is 0.396 e. The maximum atomic E-state index is 12.7. The second-order valence-electron chi connectivity index (χ2n) is 8.42. The molecule has 5 heteroatoms. The lowest BCUT2D eigenvalue weighted by molar-refractivity contribution is -0.127. The zero-order valence-corrected chi connectivity index (χ0v) is 15.8. The van der Waals surface area contributed by atoms with Crippen LogP contribution in [0.1, 0.15) is 36.0 Å². The average molecular weight is 389 g/mol. The minimum atomic E-state index is -4.19. The molecule has 2 nitrogen and oxygen atoms in total. The van der Waals surface area contributed by atoms with E-state index in [1.54, 1.807) is 18.2 Å². The number of hydrogen-bond acceptors (Lipinski definition) is 2. The van der Waals surface area contributed by atoms with Crippen LogP contribution in [-0.4, -0.2) is 34.9 Å². The van der Waals surface area contributed by atoms with Crippen LogP contribution in [0.2, 0.25) is 0 Å². The Hall–Kier alpha value is -1.85. The summed E-state index contributed by atoms with van der Waals surface area (Å²) in [6.45, 7) is 0.797. The number of halogens is 3. The van der Waals surface area contributed by atoms with Crippen molar-refractivity contribution in [3.05, 3.63) is 71.3 Å². The third-order valence-corrected chi connectivity index (χ3v) is 6.47. The molecule has 4 rings (SSSR count). The van der Waals surface area contributed by atoms with E-state index in [-0.39, 0.29) is 18.1 Å². The molecule has 0 radical (unpaired) electrons. The summed E-state index contributed by atoms with van der Waals surface area (Å²) in [5.41, 5.74) is 2.31. The first kappa shape index (κ1) is 19.5. The first-order chi connectivity index (χ1) is 13.4. The van der Waals surface area contributed by atoms with Gasteiger partial charge in [-0.3, -0.25) is 4.90 Å². The molecule has 0 spiro atoms. The van der Waals surface area contributed by atoms with Gasteiger partial charge in [0.1, 0.15) is 0 Å². The van der Waals surface area contributed by atoms with Crippen LogP contribution in [0.4, 0.5) is 13.2 Å². The Balaban J connectivity index is 1.51. The van der Waals surface area contributed by atoms with Gasteiger partial charge in [0.05, 0.1) is 13.0 Å². The number of benzene rings is 2. The number of alkyl halides is 3. The second kappa shape index (κ2) is 7.53. The minimum absolute atomic E-state index is 0.147. The Morgan fingerprint density at radius 2 is 1.68 bits per heavy atom. The molecule has 0 saturated carbocycles. The van der Waals surface area contributed by atoms with Gasteiger partial charge in [-0.05, 0) is 42.4 Å². The van der Waals surface area contributed by atoms with Crippen molar-refractivity contribution < 1.29 is 18.3 Å². The summed E-state index contributed by atoms with van der Waals surface area (Å²) < 4.78 is 38.2. The van der Waals surface area contributed by atoms with Crippen LogP contribution in [0, 0.1) is 5.41 Å². The van der Waals surface area contributed by atoms with Gasteiger partial charge in [-0.25, -0.2) is 0 Å². The Kier molecular flexibility index (Phi) is 5.23. The number of fused-ring (bicyclic) bond motifs is 2. The van der Waals surface area contributed by atoms with Crippen LogP contribution in [0.15, 0.2) is 54.6 Å². The highest BCUT2D eigenvalue weighted by Crippen LogP contribution is 2.51. The Morgan fingerprint density at radius 1 is 0.964 bits per heavy atom. The summed E-state index contributed by atoms with van der Waals surface area (Å²) >= 11 is 0. The van der Waals surface area contributed by atoms with Crippen LogP contribution < -0.4 is 0 Å². The molecular formula is C23H26F3NO. The van der Waals surface area contributed by atoms with Gasteiger partial charge in [-0.2, -0.15) is 13.2 Å². The van der Waals surface area contributed by atoms with Crippen LogP contribution in [0.3, 0.4) is 0 Å². The van der Waals surface area contributed by atoms with Gasteiger partial charge in [0.15, 0.2) is 0 Å². The van der Waals surface area contributed by atoms with Gasteiger partial charge in [-0.1, -0.05) is 54.6 Å². The van der Waals surface area contributed by atoms with Crippen molar-refractivity contribution >= 4 is 0 Å². The molecule has 1 N–H and O–H groups in total. The summed E-state index contributed by atoms with van der Waals surface area (Å²) in [4.78, 5) is 2.42. The zero-order valence-electron chi connectivity index (χ0n) is 15.8. The summed E-state index contributed by atoms with van der Waals surface area (Å²) in [5, 5.41) is 10.3. The SMILES string of the molecule is OC[C@]1(Cc2ccccc2)C[C@@H]2CC[C@H]1N2Cc1cccc(CC(F)(F)F)c1. The van der Waals surface area contributed by atoms with E-state index in [2.05, 4.69) is 17.0 Å². The summed E-state index contributed by atoms with van der Waals surface area (Å²) in [7, 11) is 0. The number of aliphatic hydroxyl groups is 1. The van der Waals surface area contributed by atoms with Gasteiger partial charge in [0.2, 0.25) is 0 Å². The fraction of sp³-hybridized carbons (Fsp3) is 0.478. The maximum absolute atomic E-state index is 12.7. The molecular weight excluding hydrogens is 363 g/mol. The molecule has 0 unspecified atom stereocenters. The minimum Gasteiger partial charge on any atom is -0.396 e. The van der Waals surface area contributed by atoms with Crippen molar-refractivity contribution in [2.24, 2.45) is 5.41 Å². The van der Waals surface area contributed by atoms with Crippen molar-refractivity contribution in [2.45, 2.75) is 56.9 Å². The summed E-state index contributed by atoms with van der Waals surface area (Å²) in [5.74, 6) is 0. The molecule has 0 aromatic heterocycles. The van der Waals surface area contributed by atoms with Crippen molar-refractivity contribution in [3.8, 4) is 0 Å². The average Bonchev–Trinajstić information content (AvgIpc) is 3.16. The first-order valence-electron chi connectivity index (χ1n) is 9.94. The Labute approximate surface area is 164 Å². The molecule has 2 heterocycles. The fourth-order valence-corrected chi connectivity index (χ4v) is 5.36. The highest BCUT2D eigenvalue weighted by atomic mass is 19.4. The molecule has 2 aromatic carbocycles. The highest BCUT2D eigenvalue weighted by molar-refractivity contribution is 5.26. The fourth-order valence-electron chi connectivity index (χ4n) is 5.36. The number of hydrogen-bond donors (Lipinski definition) is 1. The monoisotopic (exact) mass is 389 g/mol. The van der Waals surface area contributed by atoms with Gasteiger partial charge >= 0.3 is 6.18 Å². The molecule has 2 saturated heterocycles. The third-order valence-electron chi connectivity index (χ3n) is 6.47. The number of aliphatic hydroxyl groups excluding tert-OH is 1. The van der Waals surface area contributed by atoms with E-state index in [9.17, 15) is 18.3 Å². The summed E-state index contributed by atoms with van der Waals surface area (Å²) in [6, 6.07) is 17.8.